The van der Waals surface area contributed by atoms with Gasteiger partial charge in [-0.05, 0) is 42.7 Å². The van der Waals surface area contributed by atoms with Crippen LogP contribution in [0.3, 0.4) is 0 Å². The van der Waals surface area contributed by atoms with Crippen LogP contribution in [0.15, 0.2) is 48.5 Å². The van der Waals surface area contributed by atoms with Crippen LogP contribution in [0, 0.1) is 13.8 Å². The molecule has 0 heterocycles. The van der Waals surface area contributed by atoms with E-state index in [1.807, 2.05) is 6.07 Å². The quantitative estimate of drug-likeness (QED) is 0.811. The minimum atomic E-state index is 0.878. The molecule has 0 fully saturated rings. The van der Waals surface area contributed by atoms with Crippen molar-refractivity contribution in [3.8, 4) is 0 Å². The van der Waals surface area contributed by atoms with Gasteiger partial charge in [0.1, 0.15) is 0 Å². The molecule has 2 rings (SSSR count). The number of aryl methyl sites for hydroxylation is 2. The third kappa shape index (κ3) is 2.63. The molecule has 0 saturated carbocycles. The Morgan fingerprint density at radius 2 is 1.62 bits per heavy atom. The predicted molar refractivity (Wildman–Crippen MR) is 69.7 cm³/mol. The molecule has 0 saturated heterocycles. The zero-order valence-corrected chi connectivity index (χ0v) is 9.83. The van der Waals surface area contributed by atoms with Gasteiger partial charge in [0.2, 0.25) is 0 Å². The fourth-order valence-corrected chi connectivity index (χ4v) is 1.65. The standard InChI is InChI=1S/C15H17N/c1-12-8-9-15(10-13(12)2)16-11-14-6-4-3-5-7-14/h3-10,16H,11H2,1-2H3. The highest BCUT2D eigenvalue weighted by atomic mass is 14.9. The van der Waals surface area contributed by atoms with E-state index < -0.39 is 0 Å². The lowest BCUT2D eigenvalue weighted by Gasteiger charge is -2.08. The number of rotatable bonds is 3. The maximum absolute atomic E-state index is 3.43. The second-order valence-corrected chi connectivity index (χ2v) is 4.14. The summed E-state index contributed by atoms with van der Waals surface area (Å²) in [4.78, 5) is 0. The third-order valence-electron chi connectivity index (χ3n) is 2.85. The molecule has 1 nitrogen and oxygen atoms in total. The maximum atomic E-state index is 3.43. The molecule has 0 unspecified atom stereocenters. The van der Waals surface area contributed by atoms with Crippen LogP contribution in [-0.4, -0.2) is 0 Å². The number of anilines is 1. The van der Waals surface area contributed by atoms with Crippen LogP contribution < -0.4 is 5.32 Å². The Morgan fingerprint density at radius 1 is 0.875 bits per heavy atom. The first-order chi connectivity index (χ1) is 7.75. The van der Waals surface area contributed by atoms with Crippen LogP contribution in [0.25, 0.3) is 0 Å². The lowest BCUT2D eigenvalue weighted by molar-refractivity contribution is 1.14. The Morgan fingerprint density at radius 3 is 2.31 bits per heavy atom. The van der Waals surface area contributed by atoms with Crippen LogP contribution in [0.5, 0.6) is 0 Å². The average molecular weight is 211 g/mol. The van der Waals surface area contributed by atoms with E-state index in [-0.39, 0.29) is 0 Å². The molecule has 16 heavy (non-hydrogen) atoms. The van der Waals surface area contributed by atoms with Crippen LogP contribution in [0.4, 0.5) is 5.69 Å². The zero-order valence-electron chi connectivity index (χ0n) is 9.83. The molecule has 2 aromatic rings. The highest BCUT2D eigenvalue weighted by Crippen LogP contribution is 2.15. The predicted octanol–water partition coefficient (Wildman–Crippen LogP) is 3.92. The van der Waals surface area contributed by atoms with Gasteiger partial charge in [-0.15, -0.1) is 0 Å². The van der Waals surface area contributed by atoms with Crippen LogP contribution in [0.1, 0.15) is 16.7 Å². The lowest BCUT2D eigenvalue weighted by Crippen LogP contribution is -1.99. The summed E-state index contributed by atoms with van der Waals surface area (Å²) in [6.07, 6.45) is 0. The molecule has 0 aromatic heterocycles. The van der Waals surface area contributed by atoms with Gasteiger partial charge in [-0.1, -0.05) is 36.4 Å². The van der Waals surface area contributed by atoms with Crippen molar-refractivity contribution in [1.29, 1.82) is 0 Å². The van der Waals surface area contributed by atoms with E-state index in [1.54, 1.807) is 0 Å². The molecule has 0 spiro atoms. The van der Waals surface area contributed by atoms with Crippen molar-refractivity contribution in [1.82, 2.24) is 0 Å². The number of benzene rings is 2. The Labute approximate surface area is 97.1 Å². The Balaban J connectivity index is 2.03. The Kier molecular flexibility index (Phi) is 3.25. The molecule has 1 N–H and O–H groups in total. The smallest absolute Gasteiger partial charge is 0.0400 e. The molecule has 82 valence electrons. The molecule has 1 heteroatoms. The average Bonchev–Trinajstić information content (AvgIpc) is 2.32. The van der Waals surface area contributed by atoms with E-state index in [9.17, 15) is 0 Å². The van der Waals surface area contributed by atoms with Crippen molar-refractivity contribution in [2.24, 2.45) is 0 Å². The van der Waals surface area contributed by atoms with Crippen molar-refractivity contribution >= 4 is 5.69 Å². The van der Waals surface area contributed by atoms with Gasteiger partial charge in [0.05, 0.1) is 0 Å². The van der Waals surface area contributed by atoms with E-state index in [0.29, 0.717) is 0 Å². The van der Waals surface area contributed by atoms with E-state index in [1.165, 1.54) is 22.4 Å². The Bertz CT molecular complexity index is 460. The summed E-state index contributed by atoms with van der Waals surface area (Å²) in [7, 11) is 0. The fourth-order valence-electron chi connectivity index (χ4n) is 1.65. The lowest BCUT2D eigenvalue weighted by atomic mass is 10.1. The number of hydrogen-bond donors (Lipinski definition) is 1. The van der Waals surface area contributed by atoms with Gasteiger partial charge in [0.25, 0.3) is 0 Å². The monoisotopic (exact) mass is 211 g/mol. The molecule has 0 aliphatic carbocycles. The molecule has 0 radical (unpaired) electrons. The van der Waals surface area contributed by atoms with Gasteiger partial charge in [0, 0.05) is 12.2 Å². The highest BCUT2D eigenvalue weighted by Gasteiger charge is 1.96. The molecule has 0 bridgehead atoms. The molecule has 2 aromatic carbocycles. The summed E-state index contributed by atoms with van der Waals surface area (Å²) in [6, 6.07) is 16.9. The summed E-state index contributed by atoms with van der Waals surface area (Å²) in [5.74, 6) is 0. The molecular weight excluding hydrogens is 194 g/mol. The van der Waals surface area contributed by atoms with Gasteiger partial charge in [-0.3, -0.25) is 0 Å². The minimum absolute atomic E-state index is 0.878. The number of hydrogen-bond acceptors (Lipinski definition) is 1. The zero-order chi connectivity index (χ0) is 11.4. The largest absolute Gasteiger partial charge is 0.381 e. The third-order valence-corrected chi connectivity index (χ3v) is 2.85. The van der Waals surface area contributed by atoms with Gasteiger partial charge >= 0.3 is 0 Å². The first kappa shape index (κ1) is 10.7. The SMILES string of the molecule is Cc1ccc(NCc2ccccc2)cc1C. The molecule has 0 amide bonds. The van der Waals surface area contributed by atoms with Crippen molar-refractivity contribution in [2.45, 2.75) is 20.4 Å². The van der Waals surface area contributed by atoms with E-state index in [0.717, 1.165) is 6.54 Å². The van der Waals surface area contributed by atoms with E-state index in [2.05, 4.69) is 61.6 Å². The van der Waals surface area contributed by atoms with Crippen LogP contribution >= 0.6 is 0 Å². The van der Waals surface area contributed by atoms with Crippen molar-refractivity contribution < 1.29 is 0 Å². The molecule has 0 atom stereocenters. The maximum Gasteiger partial charge on any atom is 0.0400 e. The second kappa shape index (κ2) is 4.84. The second-order valence-electron chi connectivity index (χ2n) is 4.14. The van der Waals surface area contributed by atoms with E-state index >= 15 is 0 Å². The fraction of sp³-hybridized carbons (Fsp3) is 0.200. The summed E-state index contributed by atoms with van der Waals surface area (Å²) in [5, 5.41) is 3.43. The topological polar surface area (TPSA) is 12.0 Å². The van der Waals surface area contributed by atoms with Gasteiger partial charge in [-0.25, -0.2) is 0 Å². The first-order valence-electron chi connectivity index (χ1n) is 5.61. The minimum Gasteiger partial charge on any atom is -0.381 e. The van der Waals surface area contributed by atoms with Crippen LogP contribution in [0.2, 0.25) is 0 Å². The molecule has 0 aliphatic heterocycles. The summed E-state index contributed by atoms with van der Waals surface area (Å²) >= 11 is 0. The van der Waals surface area contributed by atoms with Crippen molar-refractivity contribution in [2.75, 3.05) is 5.32 Å². The van der Waals surface area contributed by atoms with Gasteiger partial charge < -0.3 is 5.32 Å². The van der Waals surface area contributed by atoms with Crippen LogP contribution in [-0.2, 0) is 6.54 Å². The molecule has 0 aliphatic rings. The molecular formula is C15H17N. The highest BCUT2D eigenvalue weighted by molar-refractivity contribution is 5.48. The van der Waals surface area contributed by atoms with Gasteiger partial charge in [0.15, 0.2) is 0 Å². The summed E-state index contributed by atoms with van der Waals surface area (Å²) < 4.78 is 0. The summed E-state index contributed by atoms with van der Waals surface area (Å²) in [6.45, 7) is 5.16. The van der Waals surface area contributed by atoms with Gasteiger partial charge in [-0.2, -0.15) is 0 Å². The normalized spacial score (nSPS) is 10.1. The summed E-state index contributed by atoms with van der Waals surface area (Å²) in [5.41, 5.74) is 5.16. The van der Waals surface area contributed by atoms with Crippen molar-refractivity contribution in [3.05, 3.63) is 65.2 Å². The van der Waals surface area contributed by atoms with Crippen molar-refractivity contribution in [3.63, 3.8) is 0 Å². The van der Waals surface area contributed by atoms with E-state index in [4.69, 9.17) is 0 Å². The number of nitrogens with one attached hydrogen (secondary N) is 1. The Hall–Kier alpha value is -1.76. The first-order valence-corrected chi connectivity index (χ1v) is 5.61.